The third kappa shape index (κ3) is 14.0. The molecule has 2 rings (SSSR count). The predicted octanol–water partition coefficient (Wildman–Crippen LogP) is 7.46. The second kappa shape index (κ2) is 19.3. The molecule has 1 aliphatic rings. The van der Waals surface area contributed by atoms with E-state index in [1.807, 2.05) is 11.0 Å². The zero-order valence-electron chi connectivity index (χ0n) is 22.6. The molecule has 1 amide bonds. The van der Waals surface area contributed by atoms with Gasteiger partial charge < -0.3 is 14.7 Å². The van der Waals surface area contributed by atoms with E-state index in [-0.39, 0.29) is 18.2 Å². The molecule has 0 spiro atoms. The zero-order chi connectivity index (χ0) is 25.8. The molecule has 1 aliphatic heterocycles. The number of nitrogens with zero attached hydrogens (tertiary/aromatic N) is 1. The topological polar surface area (TPSA) is 73.8 Å². The molecule has 6 nitrogen and oxygen atoms in total. The molecule has 0 fully saturated rings. The summed E-state index contributed by atoms with van der Waals surface area (Å²) in [5.74, 6) is 1.40. The number of unbranched alkanes of at least 4 members (excludes halogenated alkanes) is 13. The molecule has 0 saturated heterocycles. The number of hydrogen-bond acceptors (Lipinski definition) is 6. The van der Waals surface area contributed by atoms with Gasteiger partial charge in [0, 0.05) is 11.8 Å². The second-order valence-corrected chi connectivity index (χ2v) is 11.2. The summed E-state index contributed by atoms with van der Waals surface area (Å²) in [4.78, 5) is 17.1. The van der Waals surface area contributed by atoms with Gasteiger partial charge in [0.25, 0.3) is 5.91 Å². The van der Waals surface area contributed by atoms with Gasteiger partial charge in [-0.1, -0.05) is 116 Å². The van der Waals surface area contributed by atoms with Crippen LogP contribution in [-0.4, -0.2) is 34.3 Å². The highest BCUT2D eigenvalue weighted by atomic mass is 32.2. The highest BCUT2D eigenvalue weighted by molar-refractivity contribution is 7.97. The molecular formula is C29H49N3O3S. The standard InChI is InChI=1S/C29H49N3O3S/c1-3-4-5-6-7-8-9-10-11-12-13-14-15-16-17-25(2)36-31-30-28(34)24-32-23-22-29(32)35-27-20-18-26(33)19-21-27/h18-22,25,31,33H,3-17,23-24H2,1-2H3,(H,30,34). The molecule has 1 heterocycles. The van der Waals surface area contributed by atoms with E-state index in [2.05, 4.69) is 24.1 Å². The Kier molecular flexibility index (Phi) is 16.3. The number of hydrogen-bond donors (Lipinski definition) is 3. The number of benzene rings is 1. The lowest BCUT2D eigenvalue weighted by Crippen LogP contribution is -2.45. The second-order valence-electron chi connectivity index (χ2n) is 9.98. The quantitative estimate of drug-likeness (QED) is 0.0839. The van der Waals surface area contributed by atoms with E-state index >= 15 is 0 Å². The van der Waals surface area contributed by atoms with Gasteiger partial charge in [0.2, 0.25) is 0 Å². The van der Waals surface area contributed by atoms with E-state index in [9.17, 15) is 9.90 Å². The van der Waals surface area contributed by atoms with Crippen LogP contribution in [0.15, 0.2) is 36.2 Å². The van der Waals surface area contributed by atoms with Gasteiger partial charge in [0.15, 0.2) is 5.88 Å². The van der Waals surface area contributed by atoms with Crippen LogP contribution in [-0.2, 0) is 4.79 Å². The molecule has 1 atom stereocenters. The summed E-state index contributed by atoms with van der Waals surface area (Å²) >= 11 is 1.58. The zero-order valence-corrected chi connectivity index (χ0v) is 23.4. The number of phenols is 1. The van der Waals surface area contributed by atoms with Crippen LogP contribution >= 0.6 is 11.9 Å². The van der Waals surface area contributed by atoms with E-state index < -0.39 is 0 Å². The molecule has 204 valence electrons. The van der Waals surface area contributed by atoms with Crippen molar-refractivity contribution in [3.05, 3.63) is 36.2 Å². The monoisotopic (exact) mass is 519 g/mol. The van der Waals surface area contributed by atoms with Crippen LogP contribution in [0.1, 0.15) is 110 Å². The maximum absolute atomic E-state index is 12.2. The third-order valence-electron chi connectivity index (χ3n) is 6.61. The van der Waals surface area contributed by atoms with Crippen LogP contribution in [0.4, 0.5) is 0 Å². The van der Waals surface area contributed by atoms with E-state index in [4.69, 9.17) is 4.74 Å². The minimum Gasteiger partial charge on any atom is -0.508 e. The third-order valence-corrected chi connectivity index (χ3v) is 7.46. The first-order valence-corrected chi connectivity index (χ1v) is 15.1. The first-order valence-electron chi connectivity index (χ1n) is 14.2. The average Bonchev–Trinajstić information content (AvgIpc) is 2.86. The lowest BCUT2D eigenvalue weighted by Gasteiger charge is -2.32. The molecule has 1 unspecified atom stereocenters. The number of carbonyl (C=O) groups is 1. The number of carbonyl (C=O) groups excluding carboxylic acids is 1. The van der Waals surface area contributed by atoms with Crippen molar-refractivity contribution in [1.29, 1.82) is 0 Å². The van der Waals surface area contributed by atoms with Crippen LogP contribution in [0.2, 0.25) is 0 Å². The Morgan fingerprint density at radius 3 is 2.03 bits per heavy atom. The number of aromatic hydroxyl groups is 1. The Hall–Kier alpha value is -1.86. The summed E-state index contributed by atoms with van der Waals surface area (Å²) < 4.78 is 5.75. The number of nitrogens with one attached hydrogen (secondary N) is 2. The van der Waals surface area contributed by atoms with E-state index in [1.54, 1.807) is 36.2 Å². The summed E-state index contributed by atoms with van der Waals surface area (Å²) in [6.07, 6.45) is 22.5. The van der Waals surface area contributed by atoms with Crippen LogP contribution in [0.3, 0.4) is 0 Å². The van der Waals surface area contributed by atoms with Crippen molar-refractivity contribution in [3.63, 3.8) is 0 Å². The van der Waals surface area contributed by atoms with Gasteiger partial charge in [0.1, 0.15) is 18.0 Å². The number of hydrazine groups is 1. The molecule has 0 bridgehead atoms. The maximum Gasteiger partial charge on any atom is 0.254 e. The molecule has 1 aromatic carbocycles. The first-order chi connectivity index (χ1) is 17.6. The molecule has 0 aliphatic carbocycles. The Bertz CT molecular complexity index is 742. The van der Waals surface area contributed by atoms with Gasteiger partial charge in [0.05, 0.1) is 0 Å². The van der Waals surface area contributed by atoms with Crippen molar-refractivity contribution < 1.29 is 14.6 Å². The maximum atomic E-state index is 12.2. The van der Waals surface area contributed by atoms with Crippen LogP contribution in [0, 0.1) is 0 Å². The van der Waals surface area contributed by atoms with Gasteiger partial charge in [-0.05, 0) is 36.8 Å². The lowest BCUT2D eigenvalue weighted by atomic mass is 10.0. The SMILES string of the molecule is CCCCCCCCCCCCCCCCC(C)SNNC(=O)CN1CC=C1Oc1ccc(O)cc1. The van der Waals surface area contributed by atoms with Crippen LogP contribution in [0.5, 0.6) is 11.5 Å². The fourth-order valence-corrected chi connectivity index (χ4v) is 4.92. The normalized spacial score (nSPS) is 13.7. The molecule has 3 N–H and O–H groups in total. The number of rotatable bonds is 22. The van der Waals surface area contributed by atoms with Crippen molar-refractivity contribution in [2.75, 3.05) is 13.1 Å². The predicted molar refractivity (Wildman–Crippen MR) is 152 cm³/mol. The minimum atomic E-state index is -0.0916. The minimum absolute atomic E-state index is 0.0916. The Morgan fingerprint density at radius 2 is 1.50 bits per heavy atom. The van der Waals surface area contributed by atoms with Gasteiger partial charge in [-0.2, -0.15) is 4.83 Å². The summed E-state index contributed by atoms with van der Waals surface area (Å²) in [5.41, 5.74) is 2.77. The smallest absolute Gasteiger partial charge is 0.254 e. The summed E-state index contributed by atoms with van der Waals surface area (Å²) in [7, 11) is 0. The molecule has 7 heteroatoms. The van der Waals surface area contributed by atoms with Crippen molar-refractivity contribution in [1.82, 2.24) is 15.2 Å². The van der Waals surface area contributed by atoms with Gasteiger partial charge in [-0.3, -0.25) is 10.2 Å². The van der Waals surface area contributed by atoms with Crippen molar-refractivity contribution in [3.8, 4) is 11.5 Å². The summed E-state index contributed by atoms with van der Waals surface area (Å²) in [6, 6.07) is 6.55. The molecule has 1 aromatic rings. The molecule has 0 saturated carbocycles. The fourth-order valence-electron chi connectivity index (χ4n) is 4.26. The number of phenolic OH excluding ortho intramolecular Hbond substituents is 1. The molecular weight excluding hydrogens is 470 g/mol. The number of ether oxygens (including phenoxy) is 1. The fraction of sp³-hybridized carbons (Fsp3) is 0.690. The first kappa shape index (κ1) is 30.4. The van der Waals surface area contributed by atoms with E-state index in [0.717, 1.165) is 6.42 Å². The highest BCUT2D eigenvalue weighted by Crippen LogP contribution is 2.23. The van der Waals surface area contributed by atoms with Gasteiger partial charge in [-0.25, -0.2) is 0 Å². The Labute approximate surface area is 223 Å². The van der Waals surface area contributed by atoms with Crippen molar-refractivity contribution in [2.24, 2.45) is 0 Å². The number of amides is 1. The van der Waals surface area contributed by atoms with Crippen LogP contribution < -0.4 is 15.0 Å². The molecule has 0 radical (unpaired) electrons. The average molecular weight is 520 g/mol. The van der Waals surface area contributed by atoms with Gasteiger partial charge in [-0.15, -0.1) is 0 Å². The summed E-state index contributed by atoms with van der Waals surface area (Å²) in [5, 5.41) is 9.81. The highest BCUT2D eigenvalue weighted by Gasteiger charge is 2.22. The van der Waals surface area contributed by atoms with E-state index in [0.29, 0.717) is 23.4 Å². The molecule has 36 heavy (non-hydrogen) atoms. The largest absolute Gasteiger partial charge is 0.508 e. The Morgan fingerprint density at radius 1 is 0.944 bits per heavy atom. The summed E-state index contributed by atoms with van der Waals surface area (Å²) in [6.45, 7) is 5.41. The van der Waals surface area contributed by atoms with Crippen LogP contribution in [0.25, 0.3) is 0 Å². The lowest BCUT2D eigenvalue weighted by molar-refractivity contribution is -0.122. The van der Waals surface area contributed by atoms with Gasteiger partial charge >= 0.3 is 0 Å². The molecule has 0 aromatic heterocycles. The van der Waals surface area contributed by atoms with Crippen molar-refractivity contribution >= 4 is 17.9 Å². The Balaban J connectivity index is 1.37. The van der Waals surface area contributed by atoms with E-state index in [1.165, 1.54) is 89.9 Å². The van der Waals surface area contributed by atoms with Crippen molar-refractivity contribution in [2.45, 2.75) is 115 Å².